The van der Waals surface area contributed by atoms with E-state index in [0.717, 1.165) is 18.4 Å². The maximum Gasteiger partial charge on any atom is 0.267 e. The molecule has 0 heterocycles. The van der Waals surface area contributed by atoms with Gasteiger partial charge in [0.1, 0.15) is 11.6 Å². The second-order valence-electron chi connectivity index (χ2n) is 4.43. The number of benzene rings is 1. The number of hydrogen-bond donors (Lipinski definition) is 2. The lowest BCUT2D eigenvalue weighted by Crippen LogP contribution is -2.17. The number of nitrogens with zero attached hydrogens (tertiary/aromatic N) is 1. The molecular weight excluding hydrogens is 226 g/mol. The summed E-state index contributed by atoms with van der Waals surface area (Å²) < 4.78 is 0. The van der Waals surface area contributed by atoms with Crippen LogP contribution in [0.5, 0.6) is 0 Å². The molecule has 0 unspecified atom stereocenters. The van der Waals surface area contributed by atoms with Crippen molar-refractivity contribution in [3.8, 4) is 6.07 Å². The zero-order chi connectivity index (χ0) is 13.0. The van der Waals surface area contributed by atoms with Crippen LogP contribution in [0.2, 0.25) is 0 Å². The van der Waals surface area contributed by atoms with Gasteiger partial charge in [0, 0.05) is 17.9 Å². The van der Waals surface area contributed by atoms with Crippen LogP contribution in [0.4, 0.5) is 5.69 Å². The lowest BCUT2D eigenvalue weighted by Gasteiger charge is -2.05. The number of aryl methyl sites for hydroxylation is 1. The largest absolute Gasteiger partial charge is 0.387 e. The molecule has 0 aliphatic heterocycles. The average molecular weight is 241 g/mol. The molecule has 4 heteroatoms. The summed E-state index contributed by atoms with van der Waals surface area (Å²) in [7, 11) is 0. The van der Waals surface area contributed by atoms with Crippen molar-refractivity contribution in [2.45, 2.75) is 25.8 Å². The first-order chi connectivity index (χ1) is 8.69. The molecule has 1 amide bonds. The molecule has 1 aromatic carbocycles. The molecule has 2 rings (SSSR count). The molecule has 1 aromatic rings. The fourth-order valence-electron chi connectivity index (χ4n) is 1.44. The van der Waals surface area contributed by atoms with Gasteiger partial charge in [0.2, 0.25) is 0 Å². The van der Waals surface area contributed by atoms with Crippen molar-refractivity contribution in [2.24, 2.45) is 0 Å². The first-order valence-electron chi connectivity index (χ1n) is 5.93. The number of rotatable bonds is 4. The number of hydrogen-bond acceptors (Lipinski definition) is 3. The van der Waals surface area contributed by atoms with Crippen LogP contribution < -0.4 is 10.6 Å². The van der Waals surface area contributed by atoms with Gasteiger partial charge in [-0.3, -0.25) is 4.79 Å². The summed E-state index contributed by atoms with van der Waals surface area (Å²) in [6.45, 7) is 1.98. The molecule has 0 atom stereocenters. The number of nitriles is 1. The second kappa shape index (κ2) is 5.37. The highest BCUT2D eigenvalue weighted by atomic mass is 16.1. The molecule has 92 valence electrons. The Balaban J connectivity index is 1.98. The number of nitrogens with one attached hydrogen (secondary N) is 2. The maximum atomic E-state index is 11.8. The molecule has 1 fully saturated rings. The number of anilines is 1. The Morgan fingerprint density at radius 2 is 2.06 bits per heavy atom. The van der Waals surface area contributed by atoms with E-state index in [1.54, 1.807) is 0 Å². The van der Waals surface area contributed by atoms with Crippen molar-refractivity contribution in [2.75, 3.05) is 5.32 Å². The summed E-state index contributed by atoms with van der Waals surface area (Å²) in [5, 5.41) is 14.7. The minimum atomic E-state index is -0.380. The van der Waals surface area contributed by atoms with E-state index < -0.39 is 0 Å². The topological polar surface area (TPSA) is 64.9 Å². The van der Waals surface area contributed by atoms with Gasteiger partial charge >= 0.3 is 0 Å². The van der Waals surface area contributed by atoms with Crippen molar-refractivity contribution in [3.63, 3.8) is 0 Å². The lowest BCUT2D eigenvalue weighted by molar-refractivity contribution is -0.112. The number of amides is 1. The molecule has 2 N–H and O–H groups in total. The highest BCUT2D eigenvalue weighted by molar-refractivity contribution is 6.06. The molecular formula is C14H15N3O. The van der Waals surface area contributed by atoms with Crippen molar-refractivity contribution in [1.29, 1.82) is 5.26 Å². The Bertz CT molecular complexity index is 507. The highest BCUT2D eigenvalue weighted by Gasteiger charge is 2.20. The normalized spacial score (nSPS) is 14.8. The monoisotopic (exact) mass is 241 g/mol. The molecule has 0 radical (unpaired) electrons. The summed E-state index contributed by atoms with van der Waals surface area (Å²) in [5.74, 6) is -0.380. The Labute approximate surface area is 106 Å². The van der Waals surface area contributed by atoms with Gasteiger partial charge in [-0.05, 0) is 31.9 Å². The summed E-state index contributed by atoms with van der Waals surface area (Å²) in [5.41, 5.74) is 1.92. The van der Waals surface area contributed by atoms with E-state index in [1.807, 2.05) is 37.3 Å². The van der Waals surface area contributed by atoms with Gasteiger partial charge in [-0.2, -0.15) is 5.26 Å². The zero-order valence-corrected chi connectivity index (χ0v) is 10.2. The molecule has 0 aromatic heterocycles. The molecule has 1 aliphatic rings. The van der Waals surface area contributed by atoms with Crippen molar-refractivity contribution in [3.05, 3.63) is 41.6 Å². The van der Waals surface area contributed by atoms with Gasteiger partial charge in [-0.1, -0.05) is 17.7 Å². The van der Waals surface area contributed by atoms with Crippen molar-refractivity contribution < 1.29 is 4.79 Å². The molecule has 0 spiro atoms. The minimum Gasteiger partial charge on any atom is -0.387 e. The van der Waals surface area contributed by atoms with Gasteiger partial charge in [0.15, 0.2) is 0 Å². The van der Waals surface area contributed by atoms with Gasteiger partial charge < -0.3 is 10.6 Å². The summed E-state index contributed by atoms with van der Waals surface area (Å²) in [4.78, 5) is 11.8. The third-order valence-electron chi connectivity index (χ3n) is 2.72. The Kier molecular flexibility index (Phi) is 3.63. The standard InChI is InChI=1S/C14H15N3O/c1-10-2-4-13(5-3-10)17-14(18)11(8-15)9-16-12-6-7-12/h2-5,9,12,16H,6-7H2,1H3,(H,17,18)/b11-9-. The molecule has 0 saturated heterocycles. The predicted molar refractivity (Wildman–Crippen MR) is 69.7 cm³/mol. The van der Waals surface area contributed by atoms with E-state index in [4.69, 9.17) is 5.26 Å². The summed E-state index contributed by atoms with van der Waals surface area (Å²) in [6.07, 6.45) is 3.71. The smallest absolute Gasteiger partial charge is 0.267 e. The molecule has 1 saturated carbocycles. The quantitative estimate of drug-likeness (QED) is 0.626. The fourth-order valence-corrected chi connectivity index (χ4v) is 1.44. The van der Waals surface area contributed by atoms with Crippen LogP contribution in [0.3, 0.4) is 0 Å². The summed E-state index contributed by atoms with van der Waals surface area (Å²) in [6, 6.07) is 9.79. The van der Waals surface area contributed by atoms with E-state index in [-0.39, 0.29) is 11.5 Å². The molecule has 18 heavy (non-hydrogen) atoms. The fraction of sp³-hybridized carbons (Fsp3) is 0.286. The SMILES string of the molecule is Cc1ccc(NC(=O)/C(C#N)=C\NC2CC2)cc1. The van der Waals surface area contributed by atoms with Crippen LogP contribution in [-0.4, -0.2) is 11.9 Å². The van der Waals surface area contributed by atoms with E-state index in [0.29, 0.717) is 11.7 Å². The van der Waals surface area contributed by atoms with Crippen LogP contribution in [0.25, 0.3) is 0 Å². The number of carbonyl (C=O) groups excluding carboxylic acids is 1. The zero-order valence-electron chi connectivity index (χ0n) is 10.2. The van der Waals surface area contributed by atoms with Gasteiger partial charge in [0.25, 0.3) is 5.91 Å². The van der Waals surface area contributed by atoms with Crippen LogP contribution in [0, 0.1) is 18.3 Å². The Morgan fingerprint density at radius 1 is 1.39 bits per heavy atom. The highest BCUT2D eigenvalue weighted by Crippen LogP contribution is 2.18. The van der Waals surface area contributed by atoms with E-state index >= 15 is 0 Å². The summed E-state index contributed by atoms with van der Waals surface area (Å²) >= 11 is 0. The Morgan fingerprint density at radius 3 is 2.61 bits per heavy atom. The van der Waals surface area contributed by atoms with E-state index in [2.05, 4.69) is 10.6 Å². The van der Waals surface area contributed by atoms with E-state index in [1.165, 1.54) is 6.20 Å². The minimum absolute atomic E-state index is 0.0995. The van der Waals surface area contributed by atoms with Crippen LogP contribution in [-0.2, 0) is 4.79 Å². The average Bonchev–Trinajstić information content (AvgIpc) is 3.17. The molecule has 1 aliphatic carbocycles. The van der Waals surface area contributed by atoms with Crippen LogP contribution in [0.15, 0.2) is 36.0 Å². The van der Waals surface area contributed by atoms with Crippen LogP contribution in [0.1, 0.15) is 18.4 Å². The maximum absolute atomic E-state index is 11.8. The van der Waals surface area contributed by atoms with Gasteiger partial charge in [-0.15, -0.1) is 0 Å². The first kappa shape index (κ1) is 12.2. The third-order valence-corrected chi connectivity index (χ3v) is 2.72. The van der Waals surface area contributed by atoms with Crippen molar-refractivity contribution >= 4 is 11.6 Å². The van der Waals surface area contributed by atoms with Gasteiger partial charge in [-0.25, -0.2) is 0 Å². The first-order valence-corrected chi connectivity index (χ1v) is 5.93. The Hall–Kier alpha value is -2.28. The second-order valence-corrected chi connectivity index (χ2v) is 4.43. The van der Waals surface area contributed by atoms with Gasteiger partial charge in [0.05, 0.1) is 0 Å². The molecule has 0 bridgehead atoms. The van der Waals surface area contributed by atoms with Crippen molar-refractivity contribution in [1.82, 2.24) is 5.32 Å². The van der Waals surface area contributed by atoms with E-state index in [9.17, 15) is 4.79 Å². The third kappa shape index (κ3) is 3.36. The van der Waals surface area contributed by atoms with Crippen LogP contribution >= 0.6 is 0 Å². The molecule has 4 nitrogen and oxygen atoms in total. The predicted octanol–water partition coefficient (Wildman–Crippen LogP) is 2.09. The lowest BCUT2D eigenvalue weighted by atomic mass is 10.2. The number of carbonyl (C=O) groups is 1.